The van der Waals surface area contributed by atoms with E-state index in [1.54, 1.807) is 0 Å². The first-order valence-electron chi connectivity index (χ1n) is 13.8. The zero-order valence-electron chi connectivity index (χ0n) is 23.1. The molecule has 0 heterocycles. The second-order valence-electron chi connectivity index (χ2n) is 10.1. The molecule has 0 saturated carbocycles. The molecule has 40 heavy (non-hydrogen) atoms. The van der Waals surface area contributed by atoms with E-state index >= 15 is 0 Å². The van der Waals surface area contributed by atoms with Crippen LogP contribution < -0.4 is 0 Å². The van der Waals surface area contributed by atoms with Gasteiger partial charge in [-0.1, -0.05) is 122 Å². The van der Waals surface area contributed by atoms with Crippen molar-refractivity contribution in [2.24, 2.45) is 0 Å². The van der Waals surface area contributed by atoms with Crippen molar-refractivity contribution < 1.29 is 0 Å². The quantitative estimate of drug-likeness (QED) is 0.154. The first-order valence-corrected chi connectivity index (χ1v) is 13.8. The van der Waals surface area contributed by atoms with Gasteiger partial charge in [-0.05, 0) is 115 Å². The Hall–Kier alpha value is -4.94. The van der Waals surface area contributed by atoms with Crippen LogP contribution >= 0.6 is 0 Å². The molecule has 0 aliphatic carbocycles. The Morgan fingerprint density at radius 1 is 0.425 bits per heavy atom. The number of allylic oxidation sites excluding steroid dienone is 6. The van der Waals surface area contributed by atoms with E-state index in [0.29, 0.717) is 0 Å². The maximum absolute atomic E-state index is 4.00. The Morgan fingerprint density at radius 3 is 1.23 bits per heavy atom. The number of benzene rings is 6. The summed E-state index contributed by atoms with van der Waals surface area (Å²) in [6, 6.07) is 40.0. The summed E-state index contributed by atoms with van der Waals surface area (Å²) < 4.78 is 0. The first kappa shape index (κ1) is 25.3. The van der Waals surface area contributed by atoms with Gasteiger partial charge in [0, 0.05) is 0 Å². The van der Waals surface area contributed by atoms with Crippen LogP contribution in [-0.4, -0.2) is 0 Å². The SMILES string of the molecule is C=C/C(=C\C)c1cccc(-c2ccc3c4ccccc4c4ccc(-c5cccc(/C(C=C)=C/C)c5)cc4c3c2)c1. The van der Waals surface area contributed by atoms with Crippen LogP contribution in [0.5, 0.6) is 0 Å². The average molecular weight is 513 g/mol. The normalized spacial score (nSPS) is 12.2. The number of rotatable bonds is 6. The van der Waals surface area contributed by atoms with Crippen molar-refractivity contribution in [3.63, 3.8) is 0 Å². The molecule has 0 fully saturated rings. The molecule has 0 aliphatic heterocycles. The third-order valence-corrected chi connectivity index (χ3v) is 7.96. The Morgan fingerprint density at radius 2 is 0.825 bits per heavy atom. The van der Waals surface area contributed by atoms with Crippen LogP contribution in [-0.2, 0) is 0 Å². The van der Waals surface area contributed by atoms with Crippen molar-refractivity contribution in [3.8, 4) is 22.3 Å². The number of hydrogen-bond donors (Lipinski definition) is 0. The highest BCUT2D eigenvalue weighted by atomic mass is 14.2. The van der Waals surface area contributed by atoms with Crippen LogP contribution in [0, 0.1) is 0 Å². The van der Waals surface area contributed by atoms with Crippen molar-refractivity contribution in [3.05, 3.63) is 158 Å². The summed E-state index contributed by atoms with van der Waals surface area (Å²) in [6.45, 7) is 12.1. The molecule has 0 saturated heterocycles. The second-order valence-corrected chi connectivity index (χ2v) is 10.1. The third-order valence-electron chi connectivity index (χ3n) is 7.96. The van der Waals surface area contributed by atoms with Crippen LogP contribution in [0.4, 0.5) is 0 Å². The lowest BCUT2D eigenvalue weighted by Gasteiger charge is -2.14. The highest BCUT2D eigenvalue weighted by molar-refractivity contribution is 6.26. The van der Waals surface area contributed by atoms with Crippen LogP contribution in [0.2, 0.25) is 0 Å². The van der Waals surface area contributed by atoms with Crippen molar-refractivity contribution in [1.29, 1.82) is 0 Å². The summed E-state index contributed by atoms with van der Waals surface area (Å²) in [5, 5.41) is 7.65. The van der Waals surface area contributed by atoms with Gasteiger partial charge < -0.3 is 0 Å². The molecule has 6 rings (SSSR count). The van der Waals surface area contributed by atoms with Crippen molar-refractivity contribution in [1.82, 2.24) is 0 Å². The Kier molecular flexibility index (Phi) is 6.76. The lowest BCUT2D eigenvalue weighted by molar-refractivity contribution is 1.58. The minimum Gasteiger partial charge on any atom is -0.0985 e. The van der Waals surface area contributed by atoms with E-state index in [4.69, 9.17) is 0 Å². The molecular weight excluding hydrogens is 480 g/mol. The second kappa shape index (κ2) is 10.7. The van der Waals surface area contributed by atoms with E-state index in [2.05, 4.69) is 148 Å². The topological polar surface area (TPSA) is 0 Å². The molecule has 0 N–H and O–H groups in total. The molecule has 0 amide bonds. The predicted molar refractivity (Wildman–Crippen MR) is 178 cm³/mol. The summed E-state index contributed by atoms with van der Waals surface area (Å²) in [7, 11) is 0. The van der Waals surface area contributed by atoms with Gasteiger partial charge in [0.05, 0.1) is 0 Å². The summed E-state index contributed by atoms with van der Waals surface area (Å²) in [5.41, 5.74) is 9.47. The molecular formula is C40H32. The Labute approximate surface area is 236 Å². The van der Waals surface area contributed by atoms with E-state index in [1.165, 1.54) is 65.7 Å². The van der Waals surface area contributed by atoms with Crippen molar-refractivity contribution in [2.45, 2.75) is 13.8 Å². The molecule has 0 heteroatoms. The monoisotopic (exact) mass is 512 g/mol. The molecule has 192 valence electrons. The number of fused-ring (bicyclic) bond motifs is 6. The summed E-state index contributed by atoms with van der Waals surface area (Å²) in [4.78, 5) is 0. The molecule has 6 aromatic rings. The van der Waals surface area contributed by atoms with E-state index in [0.717, 1.165) is 11.1 Å². The highest BCUT2D eigenvalue weighted by Gasteiger charge is 2.12. The van der Waals surface area contributed by atoms with Gasteiger partial charge in [-0.3, -0.25) is 0 Å². The van der Waals surface area contributed by atoms with Gasteiger partial charge in [0.1, 0.15) is 0 Å². The van der Waals surface area contributed by atoms with Crippen LogP contribution in [0.3, 0.4) is 0 Å². The fourth-order valence-corrected chi connectivity index (χ4v) is 5.88. The van der Waals surface area contributed by atoms with Gasteiger partial charge in [-0.25, -0.2) is 0 Å². The van der Waals surface area contributed by atoms with Crippen LogP contribution in [0.15, 0.2) is 147 Å². The summed E-state index contributed by atoms with van der Waals surface area (Å²) >= 11 is 0. The average Bonchev–Trinajstić information content (AvgIpc) is 3.02. The van der Waals surface area contributed by atoms with Crippen molar-refractivity contribution in [2.75, 3.05) is 0 Å². The third kappa shape index (κ3) is 4.38. The molecule has 0 unspecified atom stereocenters. The molecule has 0 nitrogen and oxygen atoms in total. The molecule has 0 aliphatic rings. The van der Waals surface area contributed by atoms with Crippen molar-refractivity contribution >= 4 is 43.5 Å². The minimum absolute atomic E-state index is 1.14. The lowest BCUT2D eigenvalue weighted by atomic mass is 9.89. The van der Waals surface area contributed by atoms with Crippen LogP contribution in [0.25, 0.3) is 65.7 Å². The van der Waals surface area contributed by atoms with Gasteiger partial charge in [0.2, 0.25) is 0 Å². The minimum atomic E-state index is 1.14. The fourth-order valence-electron chi connectivity index (χ4n) is 5.88. The molecule has 0 spiro atoms. The Bertz CT molecular complexity index is 1850. The first-order chi connectivity index (χ1) is 19.6. The molecule has 0 bridgehead atoms. The van der Waals surface area contributed by atoms with Gasteiger partial charge in [0.15, 0.2) is 0 Å². The van der Waals surface area contributed by atoms with Crippen LogP contribution in [0.1, 0.15) is 25.0 Å². The molecule has 0 aromatic heterocycles. The van der Waals surface area contributed by atoms with Gasteiger partial charge >= 0.3 is 0 Å². The predicted octanol–water partition coefficient (Wildman–Crippen LogP) is 11.7. The fraction of sp³-hybridized carbons (Fsp3) is 0.0500. The van der Waals surface area contributed by atoms with E-state index in [-0.39, 0.29) is 0 Å². The molecule has 0 atom stereocenters. The summed E-state index contributed by atoms with van der Waals surface area (Å²) in [6.07, 6.45) is 8.06. The Balaban J connectivity index is 1.61. The van der Waals surface area contributed by atoms with E-state index in [1.807, 2.05) is 12.2 Å². The zero-order valence-corrected chi connectivity index (χ0v) is 23.1. The molecule has 6 aromatic carbocycles. The highest BCUT2D eigenvalue weighted by Crippen LogP contribution is 2.39. The van der Waals surface area contributed by atoms with Gasteiger partial charge in [-0.15, -0.1) is 0 Å². The maximum atomic E-state index is 4.00. The summed E-state index contributed by atoms with van der Waals surface area (Å²) in [5.74, 6) is 0. The largest absolute Gasteiger partial charge is 0.0985 e. The standard InChI is InChI=1S/C40H32/c1-5-27(6-2)29-13-11-15-31(23-29)33-19-21-37-35-17-9-10-18-36(35)38-22-20-34(26-40(38)39(37)25-33)32-16-12-14-30(24-32)28(7-3)8-4/h5-26H,1,3H2,2,4H3/b27-6+,28-8+. The smallest absolute Gasteiger partial charge is 0.00926 e. The van der Waals surface area contributed by atoms with E-state index in [9.17, 15) is 0 Å². The van der Waals surface area contributed by atoms with E-state index < -0.39 is 0 Å². The zero-order chi connectivity index (χ0) is 27.6. The van der Waals surface area contributed by atoms with Gasteiger partial charge in [0.25, 0.3) is 0 Å². The van der Waals surface area contributed by atoms with Gasteiger partial charge in [-0.2, -0.15) is 0 Å². The molecule has 0 radical (unpaired) electrons. The number of hydrogen-bond acceptors (Lipinski definition) is 0. The maximum Gasteiger partial charge on any atom is -0.00926 e. The lowest BCUT2D eigenvalue weighted by Crippen LogP contribution is -1.88.